The second kappa shape index (κ2) is 7.78. The number of carbonyl (C=O) groups is 1. The highest BCUT2D eigenvalue weighted by Crippen LogP contribution is 2.23. The van der Waals surface area contributed by atoms with Crippen molar-refractivity contribution < 1.29 is 4.79 Å². The van der Waals surface area contributed by atoms with E-state index in [1.54, 1.807) is 24.1 Å². The summed E-state index contributed by atoms with van der Waals surface area (Å²) in [5, 5.41) is 20.8. The zero-order valence-electron chi connectivity index (χ0n) is 15.6. The molecule has 4 rings (SSSR count). The lowest BCUT2D eigenvalue weighted by atomic mass is 10.1. The van der Waals surface area contributed by atoms with Crippen LogP contribution < -0.4 is 5.32 Å². The fourth-order valence-corrected chi connectivity index (χ4v) is 3.01. The number of hydrogen-bond acceptors (Lipinski definition) is 5. The summed E-state index contributed by atoms with van der Waals surface area (Å²) in [6.45, 7) is 0.253. The molecule has 0 aliphatic carbocycles. The van der Waals surface area contributed by atoms with E-state index >= 15 is 0 Å². The van der Waals surface area contributed by atoms with Crippen LogP contribution in [0.15, 0.2) is 67.3 Å². The van der Waals surface area contributed by atoms with Crippen molar-refractivity contribution in [1.29, 1.82) is 5.26 Å². The molecule has 1 amide bonds. The van der Waals surface area contributed by atoms with Gasteiger partial charge in [-0.15, -0.1) is 0 Å². The van der Waals surface area contributed by atoms with Gasteiger partial charge in [-0.1, -0.05) is 18.2 Å². The predicted molar refractivity (Wildman–Crippen MR) is 106 cm³/mol. The molecule has 0 aliphatic heterocycles. The van der Waals surface area contributed by atoms with Crippen LogP contribution in [-0.2, 0) is 13.6 Å². The number of nitrogens with zero attached hydrogens (tertiary/aromatic N) is 6. The molecule has 142 valence electrons. The Morgan fingerprint density at radius 1 is 1.17 bits per heavy atom. The maximum Gasteiger partial charge on any atom is 0.256 e. The third kappa shape index (κ3) is 3.61. The largest absolute Gasteiger partial charge is 0.348 e. The minimum atomic E-state index is -0.359. The van der Waals surface area contributed by atoms with E-state index < -0.39 is 0 Å². The summed E-state index contributed by atoms with van der Waals surface area (Å²) >= 11 is 0. The lowest BCUT2D eigenvalue weighted by molar-refractivity contribution is 0.0950. The molecule has 1 N–H and O–H groups in total. The Morgan fingerprint density at radius 2 is 1.93 bits per heavy atom. The fourth-order valence-electron chi connectivity index (χ4n) is 3.01. The number of benzene rings is 1. The van der Waals surface area contributed by atoms with Crippen LogP contribution >= 0.6 is 0 Å². The molecule has 8 heteroatoms. The van der Waals surface area contributed by atoms with Gasteiger partial charge in [0.2, 0.25) is 0 Å². The van der Waals surface area contributed by atoms with E-state index in [2.05, 4.69) is 15.4 Å². The number of carbonyl (C=O) groups excluding carboxylic acids is 1. The summed E-state index contributed by atoms with van der Waals surface area (Å²) in [4.78, 5) is 16.6. The molecule has 8 nitrogen and oxygen atoms in total. The van der Waals surface area contributed by atoms with Gasteiger partial charge in [0.05, 0.1) is 23.1 Å². The van der Waals surface area contributed by atoms with Crippen molar-refractivity contribution in [3.63, 3.8) is 0 Å². The molecule has 0 spiro atoms. The summed E-state index contributed by atoms with van der Waals surface area (Å²) in [6.07, 6.45) is 6.69. The number of amides is 1. The molecule has 0 aliphatic rings. The number of hydrogen-bond donors (Lipinski definition) is 1. The first-order valence-electron chi connectivity index (χ1n) is 8.92. The Kier molecular flexibility index (Phi) is 4.86. The van der Waals surface area contributed by atoms with Crippen LogP contribution in [0.1, 0.15) is 21.6 Å². The second-order valence-corrected chi connectivity index (χ2v) is 6.34. The molecule has 0 saturated carbocycles. The summed E-state index contributed by atoms with van der Waals surface area (Å²) in [5.41, 5.74) is 3.88. The molecular formula is C21H17N7O. The van der Waals surface area contributed by atoms with Crippen LogP contribution in [0.5, 0.6) is 0 Å². The quantitative estimate of drug-likeness (QED) is 0.570. The monoisotopic (exact) mass is 383 g/mol. The normalized spacial score (nSPS) is 10.5. The Bertz CT molecular complexity index is 1190. The van der Waals surface area contributed by atoms with Gasteiger partial charge in [-0.05, 0) is 24.3 Å². The molecule has 0 saturated heterocycles. The number of aryl methyl sites for hydroxylation is 1. The van der Waals surface area contributed by atoms with Crippen molar-refractivity contribution in [3.8, 4) is 23.0 Å². The van der Waals surface area contributed by atoms with E-state index in [1.807, 2.05) is 54.7 Å². The first-order chi connectivity index (χ1) is 14.2. The van der Waals surface area contributed by atoms with E-state index in [9.17, 15) is 10.1 Å². The molecule has 0 bridgehead atoms. The van der Waals surface area contributed by atoms with Gasteiger partial charge in [-0.3, -0.25) is 14.5 Å². The topological polar surface area (TPSA) is 101 Å². The Hall–Kier alpha value is -4.25. The van der Waals surface area contributed by atoms with Crippen molar-refractivity contribution in [1.82, 2.24) is 29.9 Å². The summed E-state index contributed by atoms with van der Waals surface area (Å²) in [7, 11) is 1.63. The Morgan fingerprint density at radius 3 is 2.66 bits per heavy atom. The van der Waals surface area contributed by atoms with Crippen LogP contribution in [0.4, 0.5) is 0 Å². The number of pyridine rings is 1. The SMILES string of the molecule is Cn1ncc(C(=O)NCc2cn(-c3ccccc3)nc2-c2ccncc2)c1C#N. The minimum absolute atomic E-state index is 0.219. The standard InChI is InChI=1S/C21H17N7O/c1-27-19(11-22)18(13-25-27)21(29)24-12-16-14-28(17-5-3-2-4-6-17)26-20(16)15-7-9-23-10-8-15/h2-10,13-14H,12H2,1H3,(H,24,29). The van der Waals surface area contributed by atoms with Gasteiger partial charge in [0.1, 0.15) is 6.07 Å². The fraction of sp³-hybridized carbons (Fsp3) is 0.0952. The van der Waals surface area contributed by atoms with Gasteiger partial charge in [-0.2, -0.15) is 15.5 Å². The molecule has 3 heterocycles. The maximum absolute atomic E-state index is 12.6. The van der Waals surface area contributed by atoms with Crippen LogP contribution in [0.3, 0.4) is 0 Å². The average molecular weight is 383 g/mol. The number of rotatable bonds is 5. The molecular weight excluding hydrogens is 366 g/mol. The number of aromatic nitrogens is 5. The summed E-state index contributed by atoms with van der Waals surface area (Å²) in [6, 6.07) is 15.5. The summed E-state index contributed by atoms with van der Waals surface area (Å²) < 4.78 is 3.16. The van der Waals surface area contributed by atoms with Gasteiger partial charge in [0, 0.05) is 43.3 Å². The van der Waals surface area contributed by atoms with Gasteiger partial charge < -0.3 is 5.32 Å². The zero-order valence-corrected chi connectivity index (χ0v) is 15.6. The van der Waals surface area contributed by atoms with E-state index in [1.165, 1.54) is 10.9 Å². The van der Waals surface area contributed by atoms with E-state index in [0.29, 0.717) is 0 Å². The van der Waals surface area contributed by atoms with Crippen molar-refractivity contribution in [3.05, 3.63) is 84.1 Å². The van der Waals surface area contributed by atoms with E-state index in [4.69, 9.17) is 5.10 Å². The van der Waals surface area contributed by atoms with Crippen molar-refractivity contribution in [2.75, 3.05) is 0 Å². The highest BCUT2D eigenvalue weighted by atomic mass is 16.1. The van der Waals surface area contributed by atoms with Gasteiger partial charge in [0.15, 0.2) is 5.69 Å². The molecule has 29 heavy (non-hydrogen) atoms. The zero-order chi connectivity index (χ0) is 20.2. The van der Waals surface area contributed by atoms with Crippen LogP contribution in [-0.4, -0.2) is 30.5 Å². The highest BCUT2D eigenvalue weighted by Gasteiger charge is 2.18. The second-order valence-electron chi connectivity index (χ2n) is 6.34. The van der Waals surface area contributed by atoms with Gasteiger partial charge >= 0.3 is 0 Å². The molecule has 1 aromatic carbocycles. The van der Waals surface area contributed by atoms with Crippen LogP contribution in [0.2, 0.25) is 0 Å². The molecule has 0 fully saturated rings. The van der Waals surface area contributed by atoms with Gasteiger partial charge in [-0.25, -0.2) is 4.68 Å². The Balaban J connectivity index is 1.65. The van der Waals surface area contributed by atoms with E-state index in [-0.39, 0.29) is 23.7 Å². The third-order valence-corrected chi connectivity index (χ3v) is 4.49. The highest BCUT2D eigenvalue weighted by molar-refractivity contribution is 5.96. The molecule has 0 unspecified atom stereocenters. The molecule has 3 aromatic heterocycles. The lowest BCUT2D eigenvalue weighted by Crippen LogP contribution is -2.23. The first-order valence-corrected chi connectivity index (χ1v) is 8.92. The van der Waals surface area contributed by atoms with Gasteiger partial charge in [0.25, 0.3) is 5.91 Å². The van der Waals surface area contributed by atoms with Crippen LogP contribution in [0.25, 0.3) is 16.9 Å². The van der Waals surface area contributed by atoms with Crippen molar-refractivity contribution in [2.45, 2.75) is 6.54 Å². The molecule has 0 atom stereocenters. The average Bonchev–Trinajstić information content (AvgIpc) is 3.36. The number of nitrogens with one attached hydrogen (secondary N) is 1. The Labute approximate surface area is 167 Å². The number of para-hydroxylation sites is 1. The minimum Gasteiger partial charge on any atom is -0.348 e. The predicted octanol–water partition coefficient (Wildman–Crippen LogP) is 2.47. The first kappa shape index (κ1) is 18.1. The molecule has 4 aromatic rings. The van der Waals surface area contributed by atoms with E-state index in [0.717, 1.165) is 22.5 Å². The van der Waals surface area contributed by atoms with Crippen molar-refractivity contribution in [2.24, 2.45) is 7.05 Å². The lowest BCUT2D eigenvalue weighted by Gasteiger charge is -2.05. The van der Waals surface area contributed by atoms with Crippen molar-refractivity contribution >= 4 is 5.91 Å². The number of nitriles is 1. The third-order valence-electron chi connectivity index (χ3n) is 4.49. The molecule has 0 radical (unpaired) electrons. The van der Waals surface area contributed by atoms with Crippen LogP contribution in [0, 0.1) is 11.3 Å². The maximum atomic E-state index is 12.6. The smallest absolute Gasteiger partial charge is 0.256 e. The summed E-state index contributed by atoms with van der Waals surface area (Å²) in [5.74, 6) is -0.359.